The van der Waals surface area contributed by atoms with E-state index in [4.69, 9.17) is 9.47 Å². The molecule has 118 valence electrons. The van der Waals surface area contributed by atoms with Crippen LogP contribution in [0.5, 0.6) is 5.75 Å². The Kier molecular flexibility index (Phi) is 6.04. The van der Waals surface area contributed by atoms with E-state index in [0.717, 1.165) is 3.57 Å². The zero-order chi connectivity index (χ0) is 16.0. The summed E-state index contributed by atoms with van der Waals surface area (Å²) < 4.78 is 38.4. The van der Waals surface area contributed by atoms with E-state index in [9.17, 15) is 8.42 Å². The number of ether oxygens (including phenoxy) is 2. The van der Waals surface area contributed by atoms with Gasteiger partial charge in [-0.05, 0) is 71.1 Å². The van der Waals surface area contributed by atoms with E-state index in [2.05, 4.69) is 27.3 Å². The Labute approximate surface area is 143 Å². The Morgan fingerprint density at radius 3 is 2.23 bits per heavy atom. The molecule has 0 aliphatic carbocycles. The van der Waals surface area contributed by atoms with Crippen molar-refractivity contribution in [1.82, 2.24) is 0 Å². The van der Waals surface area contributed by atoms with E-state index in [1.165, 1.54) is 12.1 Å². The lowest BCUT2D eigenvalue weighted by Gasteiger charge is -2.09. The van der Waals surface area contributed by atoms with Crippen LogP contribution in [-0.2, 0) is 14.8 Å². The van der Waals surface area contributed by atoms with E-state index in [-0.39, 0.29) is 4.90 Å². The molecule has 0 aliphatic heterocycles. The summed E-state index contributed by atoms with van der Waals surface area (Å²) in [5.74, 6) is 0.602. The first-order valence-corrected chi connectivity index (χ1v) is 9.07. The van der Waals surface area contributed by atoms with E-state index < -0.39 is 10.0 Å². The molecule has 0 saturated carbocycles. The van der Waals surface area contributed by atoms with Crippen molar-refractivity contribution in [3.05, 3.63) is 52.1 Å². The van der Waals surface area contributed by atoms with Crippen molar-refractivity contribution < 1.29 is 17.9 Å². The molecule has 0 spiro atoms. The van der Waals surface area contributed by atoms with Gasteiger partial charge < -0.3 is 9.47 Å². The summed E-state index contributed by atoms with van der Waals surface area (Å²) in [5.41, 5.74) is 0.529. The first kappa shape index (κ1) is 17.0. The topological polar surface area (TPSA) is 64.6 Å². The molecule has 0 aliphatic rings. The summed E-state index contributed by atoms with van der Waals surface area (Å²) in [6.07, 6.45) is 0. The highest BCUT2D eigenvalue weighted by Crippen LogP contribution is 2.20. The monoisotopic (exact) mass is 433 g/mol. The molecule has 2 aromatic carbocycles. The van der Waals surface area contributed by atoms with Crippen molar-refractivity contribution in [2.75, 3.05) is 25.0 Å². The summed E-state index contributed by atoms with van der Waals surface area (Å²) in [6, 6.07) is 13.4. The SMILES string of the molecule is COCCOc1ccc(S(=O)(=O)Nc2ccc(I)cc2)cc1. The third-order valence-electron chi connectivity index (χ3n) is 2.79. The Hall–Kier alpha value is -1.32. The lowest BCUT2D eigenvalue weighted by Crippen LogP contribution is -2.13. The minimum atomic E-state index is -3.60. The second-order valence-corrected chi connectivity index (χ2v) is 7.35. The van der Waals surface area contributed by atoms with Gasteiger partial charge >= 0.3 is 0 Å². The standard InChI is InChI=1S/C15H16INO4S/c1-20-10-11-21-14-6-8-15(9-7-14)22(18,19)17-13-4-2-12(16)3-5-13/h2-9,17H,10-11H2,1H3. The normalized spacial score (nSPS) is 11.2. The number of benzene rings is 2. The summed E-state index contributed by atoms with van der Waals surface area (Å²) in [5, 5.41) is 0. The highest BCUT2D eigenvalue weighted by atomic mass is 127. The molecule has 2 aromatic rings. The van der Waals surface area contributed by atoms with E-state index in [1.54, 1.807) is 31.4 Å². The zero-order valence-corrected chi connectivity index (χ0v) is 14.9. The Morgan fingerprint density at radius 1 is 1.00 bits per heavy atom. The highest BCUT2D eigenvalue weighted by molar-refractivity contribution is 14.1. The molecule has 2 rings (SSSR count). The summed E-state index contributed by atoms with van der Waals surface area (Å²) >= 11 is 2.16. The molecule has 0 heterocycles. The third kappa shape index (κ3) is 4.85. The number of rotatable bonds is 7. The van der Waals surface area contributed by atoms with E-state index >= 15 is 0 Å². The molecule has 5 nitrogen and oxygen atoms in total. The quantitative estimate of drug-likeness (QED) is 0.539. The van der Waals surface area contributed by atoms with Crippen LogP contribution in [0.2, 0.25) is 0 Å². The minimum absolute atomic E-state index is 0.185. The van der Waals surface area contributed by atoms with Crippen molar-refractivity contribution >= 4 is 38.3 Å². The second kappa shape index (κ2) is 7.80. The lowest BCUT2D eigenvalue weighted by molar-refractivity contribution is 0.146. The molecule has 1 N–H and O–H groups in total. The lowest BCUT2D eigenvalue weighted by atomic mass is 10.3. The first-order chi connectivity index (χ1) is 10.5. The number of anilines is 1. The zero-order valence-electron chi connectivity index (χ0n) is 12.0. The second-order valence-electron chi connectivity index (χ2n) is 4.43. The molecule has 0 aromatic heterocycles. The smallest absolute Gasteiger partial charge is 0.261 e. The molecule has 0 saturated heterocycles. The number of methoxy groups -OCH3 is 1. The molecule has 0 radical (unpaired) electrons. The summed E-state index contributed by atoms with van der Waals surface area (Å²) in [7, 11) is -2.01. The van der Waals surface area contributed by atoms with Crippen LogP contribution >= 0.6 is 22.6 Å². The molecular weight excluding hydrogens is 417 g/mol. The molecule has 7 heteroatoms. The van der Waals surface area contributed by atoms with E-state index in [1.807, 2.05) is 12.1 Å². The van der Waals surface area contributed by atoms with Crippen molar-refractivity contribution in [2.45, 2.75) is 4.90 Å². The van der Waals surface area contributed by atoms with Crippen molar-refractivity contribution in [2.24, 2.45) is 0 Å². The van der Waals surface area contributed by atoms with Crippen molar-refractivity contribution in [3.63, 3.8) is 0 Å². The van der Waals surface area contributed by atoms with Gasteiger partial charge in [0.25, 0.3) is 10.0 Å². The van der Waals surface area contributed by atoms with Gasteiger partial charge in [0.05, 0.1) is 11.5 Å². The van der Waals surface area contributed by atoms with Crippen LogP contribution in [-0.4, -0.2) is 28.7 Å². The maximum absolute atomic E-state index is 12.3. The van der Waals surface area contributed by atoms with Gasteiger partial charge in [-0.25, -0.2) is 8.42 Å². The Bertz CT molecular complexity index is 699. The number of hydrogen-bond donors (Lipinski definition) is 1. The van der Waals surface area contributed by atoms with Gasteiger partial charge in [-0.3, -0.25) is 4.72 Å². The predicted octanol–water partition coefficient (Wildman–Crippen LogP) is 3.12. The summed E-state index contributed by atoms with van der Waals surface area (Å²) in [4.78, 5) is 0.185. The minimum Gasteiger partial charge on any atom is -0.491 e. The summed E-state index contributed by atoms with van der Waals surface area (Å²) in [6.45, 7) is 0.901. The van der Waals surface area contributed by atoms with Crippen LogP contribution in [0.3, 0.4) is 0 Å². The fourth-order valence-electron chi connectivity index (χ4n) is 1.69. The number of nitrogens with one attached hydrogen (secondary N) is 1. The fourth-order valence-corrected chi connectivity index (χ4v) is 3.11. The molecular formula is C15H16INO4S. The molecule has 0 unspecified atom stereocenters. The number of sulfonamides is 1. The first-order valence-electron chi connectivity index (χ1n) is 6.51. The van der Waals surface area contributed by atoms with Crippen molar-refractivity contribution in [1.29, 1.82) is 0 Å². The average Bonchev–Trinajstić information content (AvgIpc) is 2.50. The van der Waals surface area contributed by atoms with Gasteiger partial charge in [-0.15, -0.1) is 0 Å². The third-order valence-corrected chi connectivity index (χ3v) is 4.90. The molecule has 0 atom stereocenters. The molecule has 22 heavy (non-hydrogen) atoms. The predicted molar refractivity (Wildman–Crippen MR) is 93.8 cm³/mol. The number of halogens is 1. The molecule has 0 bridgehead atoms. The largest absolute Gasteiger partial charge is 0.491 e. The van der Waals surface area contributed by atoms with Crippen LogP contribution in [0, 0.1) is 3.57 Å². The van der Waals surface area contributed by atoms with Crippen LogP contribution in [0.15, 0.2) is 53.4 Å². The van der Waals surface area contributed by atoms with Crippen molar-refractivity contribution in [3.8, 4) is 5.75 Å². The van der Waals surface area contributed by atoms with Gasteiger partial charge in [0.15, 0.2) is 0 Å². The van der Waals surface area contributed by atoms with Crippen LogP contribution in [0.25, 0.3) is 0 Å². The Balaban J connectivity index is 2.07. The maximum Gasteiger partial charge on any atom is 0.261 e. The van der Waals surface area contributed by atoms with Crippen LogP contribution in [0.4, 0.5) is 5.69 Å². The molecule has 0 fully saturated rings. The van der Waals surface area contributed by atoms with Crippen LogP contribution in [0.1, 0.15) is 0 Å². The van der Waals surface area contributed by atoms with Gasteiger partial charge in [0.1, 0.15) is 12.4 Å². The van der Waals surface area contributed by atoms with Gasteiger partial charge in [-0.2, -0.15) is 0 Å². The number of hydrogen-bond acceptors (Lipinski definition) is 4. The highest BCUT2D eigenvalue weighted by Gasteiger charge is 2.14. The van der Waals surface area contributed by atoms with E-state index in [0.29, 0.717) is 24.7 Å². The van der Waals surface area contributed by atoms with Gasteiger partial charge in [0, 0.05) is 16.4 Å². The van der Waals surface area contributed by atoms with Gasteiger partial charge in [-0.1, -0.05) is 0 Å². The van der Waals surface area contributed by atoms with Gasteiger partial charge in [0.2, 0.25) is 0 Å². The maximum atomic E-state index is 12.3. The average molecular weight is 433 g/mol. The Morgan fingerprint density at radius 2 is 1.64 bits per heavy atom. The van der Waals surface area contributed by atoms with Crippen LogP contribution < -0.4 is 9.46 Å². The molecule has 0 amide bonds. The fraction of sp³-hybridized carbons (Fsp3) is 0.200.